The molecule has 2 aromatic rings. The summed E-state index contributed by atoms with van der Waals surface area (Å²) in [6.07, 6.45) is -0.276. The van der Waals surface area contributed by atoms with Crippen molar-refractivity contribution in [3.8, 4) is 0 Å². The summed E-state index contributed by atoms with van der Waals surface area (Å²) in [5, 5.41) is 8.97. The Bertz CT molecular complexity index is 830. The Balaban J connectivity index is 2.44. The molecule has 0 spiro atoms. The number of rotatable bonds is 7. The SMILES string of the molecule is CC(C)c1ccc(N(CCC(=O)O)S(=O)(=O)c2ccc(Br)cc2)cc1. The fourth-order valence-electron chi connectivity index (χ4n) is 2.34. The second kappa shape index (κ2) is 8.01. The van der Waals surface area contributed by atoms with Crippen LogP contribution in [-0.4, -0.2) is 26.0 Å². The predicted molar refractivity (Wildman–Crippen MR) is 101 cm³/mol. The molecule has 0 fully saturated rings. The summed E-state index contributed by atoms with van der Waals surface area (Å²) < 4.78 is 27.9. The summed E-state index contributed by atoms with van der Waals surface area (Å²) in [5.74, 6) is -0.723. The van der Waals surface area contributed by atoms with E-state index in [-0.39, 0.29) is 17.9 Å². The predicted octanol–water partition coefficient (Wildman–Crippen LogP) is 4.24. The smallest absolute Gasteiger partial charge is 0.305 e. The maximum absolute atomic E-state index is 13.0. The summed E-state index contributed by atoms with van der Waals surface area (Å²) >= 11 is 3.28. The molecule has 0 heterocycles. The first-order valence-corrected chi connectivity index (χ1v) is 10.0. The number of aliphatic carboxylic acids is 1. The maximum Gasteiger partial charge on any atom is 0.305 e. The minimum atomic E-state index is -3.85. The lowest BCUT2D eigenvalue weighted by molar-refractivity contribution is -0.136. The van der Waals surface area contributed by atoms with Crippen LogP contribution in [0, 0.1) is 0 Å². The molecular weight excluding hydrogens is 406 g/mol. The summed E-state index contributed by atoms with van der Waals surface area (Å²) in [6.45, 7) is 3.97. The first kappa shape index (κ1) is 19.5. The van der Waals surface area contributed by atoms with Gasteiger partial charge in [0.25, 0.3) is 10.0 Å². The fraction of sp³-hybridized carbons (Fsp3) is 0.278. The number of hydrogen-bond acceptors (Lipinski definition) is 3. The molecule has 5 nitrogen and oxygen atoms in total. The Kier molecular flexibility index (Phi) is 6.24. The van der Waals surface area contributed by atoms with E-state index in [1.54, 1.807) is 24.3 Å². The standard InChI is InChI=1S/C18H20BrNO4S/c1-13(2)14-3-7-16(8-4-14)20(12-11-18(21)22)25(23,24)17-9-5-15(19)6-10-17/h3-10,13H,11-12H2,1-2H3,(H,21,22). The summed E-state index contributed by atoms with van der Waals surface area (Å²) in [5.41, 5.74) is 1.54. The Morgan fingerprint density at radius 2 is 1.64 bits per heavy atom. The van der Waals surface area contributed by atoms with Crippen LogP contribution in [0.4, 0.5) is 5.69 Å². The van der Waals surface area contributed by atoms with Gasteiger partial charge < -0.3 is 5.11 Å². The number of carboxylic acid groups (broad SMARTS) is 1. The van der Waals surface area contributed by atoms with Gasteiger partial charge in [-0.2, -0.15) is 0 Å². The van der Waals surface area contributed by atoms with Crippen molar-refractivity contribution in [3.05, 3.63) is 58.6 Å². The van der Waals surface area contributed by atoms with Gasteiger partial charge in [0.05, 0.1) is 17.0 Å². The Morgan fingerprint density at radius 1 is 1.08 bits per heavy atom. The third-order valence-corrected chi connectivity index (χ3v) is 6.15. The number of sulfonamides is 1. The molecule has 0 bridgehead atoms. The molecule has 0 amide bonds. The molecule has 0 aliphatic heterocycles. The minimum Gasteiger partial charge on any atom is -0.481 e. The maximum atomic E-state index is 13.0. The van der Waals surface area contributed by atoms with Crippen molar-refractivity contribution in [1.29, 1.82) is 0 Å². The first-order chi connectivity index (χ1) is 11.7. The number of nitrogens with zero attached hydrogens (tertiary/aromatic N) is 1. The van der Waals surface area contributed by atoms with Gasteiger partial charge in [0, 0.05) is 11.0 Å². The molecule has 0 saturated heterocycles. The highest BCUT2D eigenvalue weighted by Crippen LogP contribution is 2.27. The zero-order chi connectivity index (χ0) is 18.6. The van der Waals surface area contributed by atoms with E-state index in [2.05, 4.69) is 29.8 Å². The van der Waals surface area contributed by atoms with E-state index in [1.807, 2.05) is 12.1 Å². The van der Waals surface area contributed by atoms with Crippen LogP contribution in [0.1, 0.15) is 31.7 Å². The molecule has 2 rings (SSSR count). The number of carbonyl (C=O) groups is 1. The van der Waals surface area contributed by atoms with Crippen molar-refractivity contribution in [2.24, 2.45) is 0 Å². The Labute approximate surface area is 156 Å². The highest BCUT2D eigenvalue weighted by Gasteiger charge is 2.25. The molecule has 0 saturated carbocycles. The Hall–Kier alpha value is -1.86. The van der Waals surface area contributed by atoms with Gasteiger partial charge in [-0.1, -0.05) is 41.9 Å². The van der Waals surface area contributed by atoms with Crippen molar-refractivity contribution in [1.82, 2.24) is 0 Å². The quantitative estimate of drug-likeness (QED) is 0.719. The molecule has 0 aliphatic carbocycles. The van der Waals surface area contributed by atoms with E-state index >= 15 is 0 Å². The van der Waals surface area contributed by atoms with Gasteiger partial charge in [0.15, 0.2) is 0 Å². The second-order valence-corrected chi connectivity index (χ2v) is 8.70. The zero-order valence-electron chi connectivity index (χ0n) is 14.0. The van der Waals surface area contributed by atoms with E-state index in [1.165, 1.54) is 12.1 Å². The third-order valence-electron chi connectivity index (χ3n) is 3.78. The third kappa shape index (κ3) is 4.83. The van der Waals surface area contributed by atoms with E-state index in [0.29, 0.717) is 11.6 Å². The molecular formula is C18H20BrNO4S. The van der Waals surface area contributed by atoms with Crippen molar-refractivity contribution in [3.63, 3.8) is 0 Å². The number of carboxylic acids is 1. The summed E-state index contributed by atoms with van der Waals surface area (Å²) in [4.78, 5) is 11.1. The molecule has 0 aliphatic rings. The van der Waals surface area contributed by atoms with E-state index < -0.39 is 16.0 Å². The molecule has 0 radical (unpaired) electrons. The number of halogens is 1. The first-order valence-electron chi connectivity index (χ1n) is 7.82. The molecule has 2 aromatic carbocycles. The van der Waals surface area contributed by atoms with Crippen LogP contribution >= 0.6 is 15.9 Å². The van der Waals surface area contributed by atoms with Gasteiger partial charge in [0.2, 0.25) is 0 Å². The van der Waals surface area contributed by atoms with Gasteiger partial charge in [-0.3, -0.25) is 9.10 Å². The molecule has 0 aromatic heterocycles. The average Bonchev–Trinajstić information content (AvgIpc) is 2.55. The molecule has 1 N–H and O–H groups in total. The monoisotopic (exact) mass is 425 g/mol. The second-order valence-electron chi connectivity index (χ2n) is 5.92. The topological polar surface area (TPSA) is 74.7 Å². The molecule has 0 atom stereocenters. The van der Waals surface area contributed by atoms with Gasteiger partial charge in [-0.05, 0) is 47.9 Å². The largest absolute Gasteiger partial charge is 0.481 e. The highest BCUT2D eigenvalue weighted by atomic mass is 79.9. The van der Waals surface area contributed by atoms with Crippen LogP contribution in [0.3, 0.4) is 0 Å². The highest BCUT2D eigenvalue weighted by molar-refractivity contribution is 9.10. The van der Waals surface area contributed by atoms with Crippen molar-refractivity contribution in [2.45, 2.75) is 31.1 Å². The van der Waals surface area contributed by atoms with Crippen LogP contribution in [0.15, 0.2) is 57.9 Å². The summed E-state index contributed by atoms with van der Waals surface area (Å²) in [7, 11) is -3.85. The molecule has 25 heavy (non-hydrogen) atoms. The van der Waals surface area contributed by atoms with E-state index in [9.17, 15) is 13.2 Å². The zero-order valence-corrected chi connectivity index (χ0v) is 16.4. The van der Waals surface area contributed by atoms with Crippen LogP contribution in [0.25, 0.3) is 0 Å². The van der Waals surface area contributed by atoms with E-state index in [0.717, 1.165) is 14.3 Å². The van der Waals surface area contributed by atoms with Crippen LogP contribution in [0.5, 0.6) is 0 Å². The number of hydrogen-bond donors (Lipinski definition) is 1. The fourth-order valence-corrected chi connectivity index (χ4v) is 4.07. The average molecular weight is 426 g/mol. The Morgan fingerprint density at radius 3 is 2.12 bits per heavy atom. The van der Waals surface area contributed by atoms with Crippen LogP contribution in [0.2, 0.25) is 0 Å². The lowest BCUT2D eigenvalue weighted by Crippen LogP contribution is -2.33. The van der Waals surface area contributed by atoms with Gasteiger partial charge in [0.1, 0.15) is 0 Å². The lowest BCUT2D eigenvalue weighted by Gasteiger charge is -2.24. The molecule has 7 heteroatoms. The van der Waals surface area contributed by atoms with E-state index in [4.69, 9.17) is 5.11 Å². The minimum absolute atomic E-state index is 0.119. The van der Waals surface area contributed by atoms with Crippen molar-refractivity contribution < 1.29 is 18.3 Å². The van der Waals surface area contributed by atoms with Crippen molar-refractivity contribution in [2.75, 3.05) is 10.8 Å². The number of anilines is 1. The van der Waals surface area contributed by atoms with Crippen LogP contribution in [-0.2, 0) is 14.8 Å². The normalized spacial score (nSPS) is 11.5. The molecule has 0 unspecified atom stereocenters. The summed E-state index contributed by atoms with van der Waals surface area (Å²) in [6, 6.07) is 13.4. The van der Waals surface area contributed by atoms with Gasteiger partial charge in [-0.15, -0.1) is 0 Å². The van der Waals surface area contributed by atoms with Gasteiger partial charge in [-0.25, -0.2) is 8.42 Å². The van der Waals surface area contributed by atoms with Crippen molar-refractivity contribution >= 4 is 37.6 Å². The van der Waals surface area contributed by atoms with Crippen LogP contribution < -0.4 is 4.31 Å². The van der Waals surface area contributed by atoms with Gasteiger partial charge >= 0.3 is 5.97 Å². The lowest BCUT2D eigenvalue weighted by atomic mass is 10.0. The number of benzene rings is 2. The molecule has 134 valence electrons.